The molecule has 0 unspecified atom stereocenters. The van der Waals surface area contributed by atoms with Crippen LogP contribution in [0.3, 0.4) is 0 Å². The van der Waals surface area contributed by atoms with Crippen LogP contribution in [0.4, 0.5) is 5.69 Å². The summed E-state index contributed by atoms with van der Waals surface area (Å²) in [7, 11) is 3.07. The quantitative estimate of drug-likeness (QED) is 0.682. The number of carbonyl (C=O) groups excluding carboxylic acids is 2. The third-order valence-electron chi connectivity index (χ3n) is 3.03. The van der Waals surface area contributed by atoms with Crippen molar-refractivity contribution in [2.75, 3.05) is 26.4 Å². The summed E-state index contributed by atoms with van der Waals surface area (Å²) in [6.07, 6.45) is 2.15. The topological polar surface area (TPSA) is 104 Å². The molecule has 1 heterocycles. The minimum Gasteiger partial charge on any atom is -0.395 e. The smallest absolute Gasteiger partial charge is 0.276 e. The Morgan fingerprint density at radius 2 is 2.22 bits per heavy atom. The van der Waals surface area contributed by atoms with Crippen molar-refractivity contribution in [3.8, 4) is 0 Å². The summed E-state index contributed by atoms with van der Waals surface area (Å²) < 4.78 is 0. The summed E-state index contributed by atoms with van der Waals surface area (Å²) >= 11 is 0. The third-order valence-corrected chi connectivity index (χ3v) is 3.03. The number of nitrogens with one attached hydrogen (secondary N) is 2. The summed E-state index contributed by atoms with van der Waals surface area (Å²) in [4.78, 5) is 24.6. The molecule has 18 heavy (non-hydrogen) atoms. The number of nitrogen functional groups attached to an aromatic ring is 1. The predicted molar refractivity (Wildman–Crippen MR) is 66.0 cm³/mol. The molecule has 0 spiro atoms. The van der Waals surface area contributed by atoms with Crippen molar-refractivity contribution in [3.05, 3.63) is 11.4 Å². The van der Waals surface area contributed by atoms with Crippen LogP contribution in [0.1, 0.15) is 34.9 Å². The van der Waals surface area contributed by atoms with Gasteiger partial charge in [0.05, 0.1) is 17.9 Å². The van der Waals surface area contributed by atoms with Crippen LogP contribution in [0.25, 0.3) is 0 Å². The molecule has 98 valence electrons. The Hall–Kier alpha value is -2.05. The normalized spacial score (nSPS) is 14.3. The molecule has 2 rings (SSSR count). The lowest BCUT2D eigenvalue weighted by molar-refractivity contribution is -0.121. The van der Waals surface area contributed by atoms with Crippen LogP contribution in [0.15, 0.2) is 0 Å². The van der Waals surface area contributed by atoms with Gasteiger partial charge in [-0.2, -0.15) is 5.10 Å². The number of hydrogen-bond donors (Lipinski definition) is 3. The van der Waals surface area contributed by atoms with Gasteiger partial charge in [-0.15, -0.1) is 0 Å². The fourth-order valence-corrected chi connectivity index (χ4v) is 1.76. The van der Waals surface area contributed by atoms with E-state index in [9.17, 15) is 9.59 Å². The van der Waals surface area contributed by atoms with E-state index in [1.54, 1.807) is 7.05 Å². The fourth-order valence-electron chi connectivity index (χ4n) is 1.76. The Labute approximate surface area is 105 Å². The van der Waals surface area contributed by atoms with Crippen LogP contribution in [0.2, 0.25) is 0 Å². The summed E-state index contributed by atoms with van der Waals surface area (Å²) in [5, 5.41) is 9.23. The van der Waals surface area contributed by atoms with Crippen molar-refractivity contribution >= 4 is 17.5 Å². The molecule has 4 N–H and O–H groups in total. The average molecular weight is 251 g/mol. The third kappa shape index (κ3) is 2.29. The molecule has 1 aliphatic rings. The van der Waals surface area contributed by atoms with E-state index in [0.29, 0.717) is 11.6 Å². The van der Waals surface area contributed by atoms with Crippen molar-refractivity contribution < 1.29 is 9.59 Å². The molecule has 1 aromatic heterocycles. The van der Waals surface area contributed by atoms with Crippen LogP contribution in [0.5, 0.6) is 0 Å². The van der Waals surface area contributed by atoms with E-state index in [4.69, 9.17) is 5.73 Å². The molecule has 1 aromatic rings. The molecular formula is C11H17N5O2. The van der Waals surface area contributed by atoms with E-state index >= 15 is 0 Å². The maximum absolute atomic E-state index is 12.1. The van der Waals surface area contributed by atoms with Gasteiger partial charge in [-0.05, 0) is 12.8 Å². The van der Waals surface area contributed by atoms with Crippen molar-refractivity contribution in [3.63, 3.8) is 0 Å². The molecule has 0 bridgehead atoms. The summed E-state index contributed by atoms with van der Waals surface area (Å²) in [6, 6.07) is 0. The Balaban J connectivity index is 2.10. The van der Waals surface area contributed by atoms with E-state index in [1.807, 2.05) is 0 Å². The van der Waals surface area contributed by atoms with Crippen LogP contribution in [-0.4, -0.2) is 47.6 Å². The Kier molecular flexibility index (Phi) is 3.22. The summed E-state index contributed by atoms with van der Waals surface area (Å²) in [5.41, 5.74) is 7.35. The van der Waals surface area contributed by atoms with E-state index in [1.165, 1.54) is 11.9 Å². The van der Waals surface area contributed by atoms with Gasteiger partial charge in [0.25, 0.3) is 5.91 Å². The molecule has 7 heteroatoms. The van der Waals surface area contributed by atoms with E-state index in [2.05, 4.69) is 15.5 Å². The Morgan fingerprint density at radius 3 is 2.78 bits per heavy atom. The highest BCUT2D eigenvalue weighted by Crippen LogP contribution is 2.42. The van der Waals surface area contributed by atoms with Gasteiger partial charge in [0.1, 0.15) is 0 Å². The number of nitrogens with zero attached hydrogens (tertiary/aromatic N) is 2. The number of rotatable bonds is 4. The van der Waals surface area contributed by atoms with Gasteiger partial charge in [0.2, 0.25) is 5.91 Å². The van der Waals surface area contributed by atoms with Crippen LogP contribution < -0.4 is 11.1 Å². The zero-order valence-corrected chi connectivity index (χ0v) is 10.5. The highest BCUT2D eigenvalue weighted by atomic mass is 16.2. The SMILES string of the molecule is CNC(=O)CN(C)C(=O)c1n[nH]c(C2CC2)c1N. The van der Waals surface area contributed by atoms with Crippen molar-refractivity contribution in [1.29, 1.82) is 0 Å². The maximum Gasteiger partial charge on any atom is 0.276 e. The Bertz CT molecular complexity index is 478. The van der Waals surface area contributed by atoms with Crippen molar-refractivity contribution in [1.82, 2.24) is 20.4 Å². The number of hydrogen-bond acceptors (Lipinski definition) is 4. The second kappa shape index (κ2) is 4.67. The summed E-state index contributed by atoms with van der Waals surface area (Å²) in [6.45, 7) is -0.0135. The molecular weight excluding hydrogens is 234 g/mol. The highest BCUT2D eigenvalue weighted by molar-refractivity contribution is 5.99. The maximum atomic E-state index is 12.1. The first-order valence-electron chi connectivity index (χ1n) is 5.84. The highest BCUT2D eigenvalue weighted by Gasteiger charge is 2.31. The van der Waals surface area contributed by atoms with Crippen LogP contribution >= 0.6 is 0 Å². The van der Waals surface area contributed by atoms with Crippen molar-refractivity contribution in [2.45, 2.75) is 18.8 Å². The molecule has 2 amide bonds. The first-order chi connectivity index (χ1) is 8.54. The fraction of sp³-hybridized carbons (Fsp3) is 0.545. The van der Waals surface area contributed by atoms with Gasteiger partial charge < -0.3 is 16.0 Å². The van der Waals surface area contributed by atoms with Gasteiger partial charge in [0, 0.05) is 20.0 Å². The van der Waals surface area contributed by atoms with Gasteiger partial charge in [-0.25, -0.2) is 0 Å². The monoisotopic (exact) mass is 251 g/mol. The molecule has 0 radical (unpaired) electrons. The number of likely N-dealkylation sites (N-methyl/N-ethyl adjacent to an activating group) is 2. The number of carbonyl (C=O) groups is 2. The zero-order valence-electron chi connectivity index (χ0n) is 10.5. The lowest BCUT2D eigenvalue weighted by Gasteiger charge is -2.14. The van der Waals surface area contributed by atoms with Gasteiger partial charge >= 0.3 is 0 Å². The standard InChI is InChI=1S/C11H17N5O2/c1-13-7(17)5-16(2)11(18)10-8(12)9(14-15-10)6-3-4-6/h6H,3-5,12H2,1-2H3,(H,13,17)(H,14,15). The van der Waals surface area contributed by atoms with E-state index in [0.717, 1.165) is 18.5 Å². The molecule has 1 fully saturated rings. The average Bonchev–Trinajstić information content (AvgIpc) is 3.12. The molecule has 7 nitrogen and oxygen atoms in total. The number of nitrogens with two attached hydrogens (primary N) is 1. The van der Waals surface area contributed by atoms with E-state index in [-0.39, 0.29) is 24.1 Å². The van der Waals surface area contributed by atoms with E-state index < -0.39 is 0 Å². The molecule has 0 atom stereocenters. The first kappa shape index (κ1) is 12.4. The summed E-state index contributed by atoms with van der Waals surface area (Å²) in [5.74, 6) is -0.176. The van der Waals surface area contributed by atoms with Gasteiger partial charge in [-0.1, -0.05) is 0 Å². The zero-order chi connectivity index (χ0) is 13.3. The first-order valence-corrected chi connectivity index (χ1v) is 5.84. The number of aromatic amines is 1. The van der Waals surface area contributed by atoms with Crippen LogP contribution in [0, 0.1) is 0 Å². The lowest BCUT2D eigenvalue weighted by Crippen LogP contribution is -2.37. The second-order valence-electron chi connectivity index (χ2n) is 4.51. The minimum absolute atomic E-state index is 0.0135. The number of aromatic nitrogens is 2. The predicted octanol–water partition coefficient (Wildman–Crippen LogP) is -0.313. The number of anilines is 1. The second-order valence-corrected chi connectivity index (χ2v) is 4.51. The lowest BCUT2D eigenvalue weighted by atomic mass is 10.2. The molecule has 1 saturated carbocycles. The molecule has 1 aliphatic carbocycles. The van der Waals surface area contributed by atoms with Gasteiger partial charge in [0.15, 0.2) is 5.69 Å². The molecule has 0 saturated heterocycles. The minimum atomic E-state index is -0.348. The largest absolute Gasteiger partial charge is 0.395 e. The van der Waals surface area contributed by atoms with Crippen LogP contribution in [-0.2, 0) is 4.79 Å². The van der Waals surface area contributed by atoms with Gasteiger partial charge in [-0.3, -0.25) is 14.7 Å². The number of H-pyrrole nitrogens is 1. The Morgan fingerprint density at radius 1 is 1.56 bits per heavy atom. The van der Waals surface area contributed by atoms with Crippen molar-refractivity contribution in [2.24, 2.45) is 0 Å². The molecule has 0 aromatic carbocycles. The molecule has 0 aliphatic heterocycles. The number of amides is 2.